The van der Waals surface area contributed by atoms with Crippen LogP contribution in [0.5, 0.6) is 0 Å². The summed E-state index contributed by atoms with van der Waals surface area (Å²) in [5.41, 5.74) is 5.73. The van der Waals surface area contributed by atoms with Gasteiger partial charge in [0.25, 0.3) is 0 Å². The van der Waals surface area contributed by atoms with E-state index in [4.69, 9.17) is 5.73 Å². The van der Waals surface area contributed by atoms with E-state index < -0.39 is 0 Å². The lowest BCUT2D eigenvalue weighted by atomic mass is 10.1. The Bertz CT molecular complexity index is 301. The van der Waals surface area contributed by atoms with Crippen molar-refractivity contribution in [3.05, 3.63) is 11.6 Å². The van der Waals surface area contributed by atoms with Gasteiger partial charge in [-0.3, -0.25) is 0 Å². The Morgan fingerprint density at radius 2 is 2.29 bits per heavy atom. The van der Waals surface area contributed by atoms with Gasteiger partial charge in [-0.1, -0.05) is 6.92 Å². The summed E-state index contributed by atoms with van der Waals surface area (Å²) in [5, 5.41) is 8.50. The van der Waals surface area contributed by atoms with E-state index >= 15 is 0 Å². The lowest BCUT2D eigenvalue weighted by Crippen LogP contribution is -2.19. The van der Waals surface area contributed by atoms with Gasteiger partial charge in [0.15, 0.2) is 0 Å². The number of hydrogen-bond donors (Lipinski definition) is 1. The van der Waals surface area contributed by atoms with Crippen molar-refractivity contribution in [3.8, 4) is 0 Å². The fourth-order valence-electron chi connectivity index (χ4n) is 2.09. The van der Waals surface area contributed by atoms with E-state index in [1.54, 1.807) is 0 Å². The van der Waals surface area contributed by atoms with Crippen LogP contribution in [0.3, 0.4) is 0 Å². The highest BCUT2D eigenvalue weighted by Gasteiger charge is 2.20. The van der Waals surface area contributed by atoms with Gasteiger partial charge < -0.3 is 10.3 Å². The van der Waals surface area contributed by atoms with E-state index in [9.17, 15) is 0 Å². The molecule has 2 heterocycles. The molecule has 0 bridgehead atoms. The maximum atomic E-state index is 5.73. The van der Waals surface area contributed by atoms with Gasteiger partial charge in [0.1, 0.15) is 11.6 Å². The highest BCUT2D eigenvalue weighted by molar-refractivity contribution is 5.04. The third kappa shape index (κ3) is 1.54. The van der Waals surface area contributed by atoms with Gasteiger partial charge in [-0.05, 0) is 19.3 Å². The number of fused-ring (bicyclic) bond motifs is 1. The lowest BCUT2D eigenvalue weighted by Gasteiger charge is -2.18. The molecule has 1 aromatic heterocycles. The predicted molar refractivity (Wildman–Crippen MR) is 55.0 cm³/mol. The summed E-state index contributed by atoms with van der Waals surface area (Å²) >= 11 is 0. The standard InChI is InChI=1S/C10H18N4/c1-2-8(7-11)10-13-12-9-5-3-4-6-14(9)10/h8H,2-7,11H2,1H3. The Morgan fingerprint density at radius 1 is 1.43 bits per heavy atom. The number of nitrogens with two attached hydrogens (primary N) is 1. The van der Waals surface area contributed by atoms with E-state index in [1.807, 2.05) is 0 Å². The van der Waals surface area contributed by atoms with Gasteiger partial charge in [0, 0.05) is 25.4 Å². The number of nitrogens with zero attached hydrogens (tertiary/aromatic N) is 3. The highest BCUT2D eigenvalue weighted by Crippen LogP contribution is 2.21. The Balaban J connectivity index is 2.29. The molecule has 0 amide bonds. The molecule has 1 aliphatic rings. The van der Waals surface area contributed by atoms with Crippen molar-refractivity contribution in [2.24, 2.45) is 5.73 Å². The molecule has 1 aliphatic heterocycles. The van der Waals surface area contributed by atoms with Crippen LogP contribution in [0.4, 0.5) is 0 Å². The molecule has 4 nitrogen and oxygen atoms in total. The molecule has 14 heavy (non-hydrogen) atoms. The zero-order valence-electron chi connectivity index (χ0n) is 8.74. The Morgan fingerprint density at radius 3 is 3.00 bits per heavy atom. The Labute approximate surface area is 84.5 Å². The molecule has 1 unspecified atom stereocenters. The molecular formula is C10H18N4. The fourth-order valence-corrected chi connectivity index (χ4v) is 2.09. The molecular weight excluding hydrogens is 176 g/mol. The van der Waals surface area contributed by atoms with Crippen LogP contribution in [0.25, 0.3) is 0 Å². The van der Waals surface area contributed by atoms with E-state index in [1.165, 1.54) is 12.8 Å². The zero-order valence-corrected chi connectivity index (χ0v) is 8.74. The summed E-state index contributed by atoms with van der Waals surface area (Å²) in [5.74, 6) is 2.64. The molecule has 2 rings (SSSR count). The SMILES string of the molecule is CCC(CN)c1nnc2n1CCCC2. The van der Waals surface area contributed by atoms with Crippen LogP contribution in [-0.4, -0.2) is 21.3 Å². The number of aromatic nitrogens is 3. The van der Waals surface area contributed by atoms with Crippen molar-refractivity contribution in [1.29, 1.82) is 0 Å². The second-order valence-electron chi connectivity index (χ2n) is 3.92. The van der Waals surface area contributed by atoms with E-state index in [-0.39, 0.29) is 0 Å². The molecule has 0 saturated heterocycles. The maximum Gasteiger partial charge on any atom is 0.137 e. The summed E-state index contributed by atoms with van der Waals surface area (Å²) in [7, 11) is 0. The minimum Gasteiger partial charge on any atom is -0.330 e. The number of aryl methyl sites for hydroxylation is 1. The monoisotopic (exact) mass is 194 g/mol. The van der Waals surface area contributed by atoms with E-state index in [0.717, 1.165) is 31.0 Å². The molecule has 0 radical (unpaired) electrons. The third-order valence-electron chi connectivity index (χ3n) is 3.03. The van der Waals surface area contributed by atoms with Crippen LogP contribution in [-0.2, 0) is 13.0 Å². The minimum atomic E-state index is 0.384. The molecule has 1 atom stereocenters. The van der Waals surface area contributed by atoms with E-state index in [2.05, 4.69) is 21.7 Å². The molecule has 0 spiro atoms. The normalized spacial score (nSPS) is 17.9. The first kappa shape index (κ1) is 9.65. The highest BCUT2D eigenvalue weighted by atomic mass is 15.3. The van der Waals surface area contributed by atoms with Gasteiger partial charge >= 0.3 is 0 Å². The lowest BCUT2D eigenvalue weighted by molar-refractivity contribution is 0.485. The molecule has 4 heteroatoms. The molecule has 0 fully saturated rings. The Hall–Kier alpha value is -0.900. The smallest absolute Gasteiger partial charge is 0.137 e. The topological polar surface area (TPSA) is 56.7 Å². The second kappa shape index (κ2) is 4.09. The van der Waals surface area contributed by atoms with Crippen LogP contribution >= 0.6 is 0 Å². The average molecular weight is 194 g/mol. The minimum absolute atomic E-state index is 0.384. The van der Waals surface area contributed by atoms with Crippen molar-refractivity contribution in [2.45, 2.75) is 45.1 Å². The van der Waals surface area contributed by atoms with Crippen molar-refractivity contribution in [2.75, 3.05) is 6.54 Å². The van der Waals surface area contributed by atoms with Gasteiger partial charge in [-0.15, -0.1) is 10.2 Å². The molecule has 0 aliphatic carbocycles. The number of rotatable bonds is 3. The van der Waals surface area contributed by atoms with Crippen LogP contribution in [0.1, 0.15) is 43.8 Å². The van der Waals surface area contributed by atoms with Crippen molar-refractivity contribution >= 4 is 0 Å². The van der Waals surface area contributed by atoms with Crippen LogP contribution in [0, 0.1) is 0 Å². The van der Waals surface area contributed by atoms with Crippen molar-refractivity contribution < 1.29 is 0 Å². The summed E-state index contributed by atoms with van der Waals surface area (Å²) < 4.78 is 2.27. The van der Waals surface area contributed by atoms with E-state index in [0.29, 0.717) is 12.5 Å². The Kier molecular flexibility index (Phi) is 2.82. The van der Waals surface area contributed by atoms with Crippen molar-refractivity contribution in [1.82, 2.24) is 14.8 Å². The number of hydrogen-bond acceptors (Lipinski definition) is 3. The average Bonchev–Trinajstić information content (AvgIpc) is 2.65. The summed E-state index contributed by atoms with van der Waals surface area (Å²) in [6.07, 6.45) is 4.62. The van der Waals surface area contributed by atoms with Gasteiger partial charge in [0.2, 0.25) is 0 Å². The van der Waals surface area contributed by atoms with Gasteiger partial charge in [0.05, 0.1) is 0 Å². The van der Waals surface area contributed by atoms with Crippen LogP contribution in [0.2, 0.25) is 0 Å². The first-order chi connectivity index (χ1) is 6.86. The molecule has 1 aromatic rings. The molecule has 0 saturated carbocycles. The first-order valence-corrected chi connectivity index (χ1v) is 5.48. The quantitative estimate of drug-likeness (QED) is 0.783. The molecule has 2 N–H and O–H groups in total. The largest absolute Gasteiger partial charge is 0.330 e. The third-order valence-corrected chi connectivity index (χ3v) is 3.03. The summed E-state index contributed by atoms with van der Waals surface area (Å²) in [6, 6.07) is 0. The van der Waals surface area contributed by atoms with Crippen LogP contribution < -0.4 is 5.73 Å². The van der Waals surface area contributed by atoms with Crippen LogP contribution in [0.15, 0.2) is 0 Å². The van der Waals surface area contributed by atoms with Crippen molar-refractivity contribution in [3.63, 3.8) is 0 Å². The zero-order chi connectivity index (χ0) is 9.97. The first-order valence-electron chi connectivity index (χ1n) is 5.48. The summed E-state index contributed by atoms with van der Waals surface area (Å²) in [4.78, 5) is 0. The molecule has 78 valence electrons. The van der Waals surface area contributed by atoms with Gasteiger partial charge in [-0.25, -0.2) is 0 Å². The summed E-state index contributed by atoms with van der Waals surface area (Å²) in [6.45, 7) is 3.91. The molecule has 0 aromatic carbocycles. The maximum absolute atomic E-state index is 5.73. The van der Waals surface area contributed by atoms with Gasteiger partial charge in [-0.2, -0.15) is 0 Å². The fraction of sp³-hybridized carbons (Fsp3) is 0.800. The second-order valence-corrected chi connectivity index (χ2v) is 3.92. The predicted octanol–water partition coefficient (Wildman–Crippen LogP) is 1.07.